The van der Waals surface area contributed by atoms with E-state index in [0.717, 1.165) is 83.7 Å². The number of nitrogens with zero attached hydrogens (tertiary/aromatic N) is 2. The molecule has 0 aliphatic carbocycles. The molecule has 5 heterocycles. The van der Waals surface area contributed by atoms with Gasteiger partial charge >= 0.3 is 0 Å². The molecular weight excluding hydrogens is 1750 g/mol. The molecule has 17 N–H and O–H groups in total. The molecule has 2 aliphatic heterocycles. The van der Waals surface area contributed by atoms with Crippen molar-refractivity contribution in [3.63, 3.8) is 0 Å². The number of hydrogen-bond donors (Lipinski definition) is 16. The summed E-state index contributed by atoms with van der Waals surface area (Å²) in [6, 6.07) is 38.9. The van der Waals surface area contributed by atoms with Crippen molar-refractivity contribution in [3.8, 4) is 44.5 Å². The maximum absolute atomic E-state index is 14.5. The van der Waals surface area contributed by atoms with Crippen LogP contribution in [0.5, 0.6) is 0 Å². The predicted octanol–water partition coefficient (Wildman–Crippen LogP) is 12.6. The lowest BCUT2D eigenvalue weighted by Crippen LogP contribution is -2.66. The Labute approximate surface area is 811 Å². The monoisotopic (exact) mass is 1890 g/mol. The third kappa shape index (κ3) is 29.1. The van der Waals surface area contributed by atoms with E-state index in [1.807, 2.05) is 168 Å². The number of nitrogens with one attached hydrogen (secondary N) is 15. The van der Waals surface area contributed by atoms with Crippen LogP contribution >= 0.6 is 0 Å². The summed E-state index contributed by atoms with van der Waals surface area (Å²) < 4.78 is 0. The van der Waals surface area contributed by atoms with Crippen LogP contribution in [-0.4, -0.2) is 179 Å². The maximum Gasteiger partial charge on any atom is 0.251 e. The molecule has 0 radical (unpaired) electrons. The van der Waals surface area contributed by atoms with Crippen molar-refractivity contribution in [2.24, 2.45) is 41.2 Å². The molecule has 0 saturated heterocycles. The number of amides is 13. The molecule has 7 aromatic rings. The summed E-state index contributed by atoms with van der Waals surface area (Å²) in [6.07, 6.45) is 9.02. The molecular formula is C107H144N18O13. The van der Waals surface area contributed by atoms with Crippen LogP contribution in [0.4, 0.5) is 0 Å². The number of aromatic nitrogens is 4. The Bertz CT molecular complexity index is 5810. The van der Waals surface area contributed by atoms with Gasteiger partial charge in [0.25, 0.3) is 5.91 Å². The Morgan fingerprint density at radius 2 is 0.493 bits per heavy atom. The zero-order valence-electron chi connectivity index (χ0n) is 84.5. The van der Waals surface area contributed by atoms with Gasteiger partial charge in [0, 0.05) is 63.0 Å². The second kappa shape index (κ2) is 46.1. The molecule has 31 heteroatoms. The van der Waals surface area contributed by atoms with Gasteiger partial charge in [0.2, 0.25) is 70.9 Å². The number of rotatable bonds is 43. The quantitative estimate of drug-likeness (QED) is 0.0158. The van der Waals surface area contributed by atoms with Gasteiger partial charge in [0.05, 0.1) is 28.8 Å². The first-order valence-electron chi connectivity index (χ1n) is 47.8. The van der Waals surface area contributed by atoms with Crippen molar-refractivity contribution in [1.82, 2.24) is 89.1 Å². The molecule has 4 aromatic carbocycles. The highest BCUT2D eigenvalue weighted by atomic mass is 16.2. The van der Waals surface area contributed by atoms with Gasteiger partial charge in [0.1, 0.15) is 63.4 Å². The van der Waals surface area contributed by atoms with Crippen molar-refractivity contribution in [3.05, 3.63) is 168 Å². The molecule has 0 unspecified atom stereocenters. The minimum absolute atomic E-state index is 0.0104. The maximum atomic E-state index is 14.5. The number of nitrogens with two attached hydrogens (primary N) is 1. The van der Waals surface area contributed by atoms with Crippen LogP contribution in [-0.2, 0) is 57.5 Å². The van der Waals surface area contributed by atoms with Gasteiger partial charge in [-0.3, -0.25) is 62.3 Å². The summed E-state index contributed by atoms with van der Waals surface area (Å²) in [4.78, 5) is 202. The van der Waals surface area contributed by atoms with E-state index in [0.29, 0.717) is 17.7 Å². The van der Waals surface area contributed by atoms with Crippen LogP contribution in [0.25, 0.3) is 90.9 Å². The molecule has 9 rings (SSSR count). The number of fused-ring (bicyclic) bond motifs is 8. The smallest absolute Gasteiger partial charge is 0.251 e. The predicted molar refractivity (Wildman–Crippen MR) is 544 cm³/mol. The Morgan fingerprint density at radius 3 is 0.732 bits per heavy atom. The van der Waals surface area contributed by atoms with Crippen molar-refractivity contribution in [2.45, 2.75) is 274 Å². The lowest BCUT2D eigenvalue weighted by Gasteiger charge is -2.34. The highest BCUT2D eigenvalue weighted by Gasteiger charge is 2.44. The Kier molecular flexibility index (Phi) is 36.2. The molecule has 8 bridgehead atoms. The van der Waals surface area contributed by atoms with Crippen molar-refractivity contribution in [1.29, 1.82) is 0 Å². The van der Waals surface area contributed by atoms with Gasteiger partial charge < -0.3 is 84.8 Å². The third-order valence-electron chi connectivity index (χ3n) is 23.8. The van der Waals surface area contributed by atoms with E-state index in [-0.39, 0.29) is 80.7 Å². The average Bonchev–Trinajstić information content (AvgIpc) is 1.61. The van der Waals surface area contributed by atoms with E-state index < -0.39 is 146 Å². The first-order valence-corrected chi connectivity index (χ1v) is 47.8. The van der Waals surface area contributed by atoms with E-state index in [1.165, 1.54) is 83.1 Å². The number of carbonyl (C=O) groups excluding carboxylic acids is 13. The van der Waals surface area contributed by atoms with E-state index >= 15 is 0 Å². The highest BCUT2D eigenvalue weighted by molar-refractivity contribution is 6.05. The summed E-state index contributed by atoms with van der Waals surface area (Å²) in [5.74, 6) is -9.79. The molecule has 0 fully saturated rings. The first-order chi connectivity index (χ1) is 64.6. The molecule has 0 spiro atoms. The molecule has 2 aliphatic rings. The minimum atomic E-state index is -1.76. The molecule has 13 amide bonds. The van der Waals surface area contributed by atoms with E-state index in [2.05, 4.69) is 146 Å². The third-order valence-corrected chi connectivity index (χ3v) is 23.8. The van der Waals surface area contributed by atoms with Gasteiger partial charge in [-0.2, -0.15) is 0 Å². The summed E-state index contributed by atoms with van der Waals surface area (Å²) in [6.45, 7) is 39.5. The largest absolute Gasteiger partial charge is 0.354 e. The highest BCUT2D eigenvalue weighted by Crippen LogP contribution is 2.39. The fraction of sp³-hybridized carbons (Fsp3) is 0.467. The summed E-state index contributed by atoms with van der Waals surface area (Å²) in [7, 11) is 0. The molecule has 0 saturated carbocycles. The summed E-state index contributed by atoms with van der Waals surface area (Å²) >= 11 is 0. The van der Waals surface area contributed by atoms with Gasteiger partial charge in [-0.1, -0.05) is 186 Å². The summed E-state index contributed by atoms with van der Waals surface area (Å²) in [5, 5.41) is 35.9. The Hall–Kier alpha value is -13.5. The number of H-pyrrole nitrogens is 2. The molecule has 3 aromatic heterocycles. The topological polar surface area (TPSA) is 462 Å². The van der Waals surface area contributed by atoms with Crippen molar-refractivity contribution in [2.75, 3.05) is 13.1 Å². The minimum Gasteiger partial charge on any atom is -0.354 e. The Morgan fingerprint density at radius 1 is 0.275 bits per heavy atom. The number of benzene rings is 4. The van der Waals surface area contributed by atoms with Crippen molar-refractivity contribution >= 4 is 123 Å². The standard InChI is InChI=1S/C107H144N18O13/c1-60(2)54-71(108)90(127)120-103(15,16)97(134)115-81(56-62(5)6)92(129)122-105(19,20)99(136)117-83(58-64(9)10)94(131)124-107(23,24)101(138)119-84(59-65(11)12)95(132)125-106(21,22)100(137)118-82(57-63(7)8)93(130)123-104(17,18)98(135)116-80(55-61(3)4)91(128)121-102(13,14)96(133)110-53-52-109-89(126)70-42-40-69(41-43-70)88-78-50-48-76(113-78)86(67-36-30-26-31-37-67)74-46-44-72(111-74)85(66-34-28-25-29-35-66)73-45-47-75(112-73)87(68-38-32-27-33-39-68)77-49-51-79(88)114-77/h25-51,60-65,71,80-84,111,114H,52-59,108H2,1-24H3,(H,109,126)(H,110,133)(H,115,134)(H,116,135)(H,117,136)(H,118,137)(H,119,138)(H,120,127)(H,121,128)(H,122,129)(H,123,130)(H,124,131)(H,125,132)/t71-,80-,81-,82-,83-,84-/m1/s1. The van der Waals surface area contributed by atoms with E-state index in [4.69, 9.17) is 15.7 Å². The van der Waals surface area contributed by atoms with Crippen LogP contribution in [0.15, 0.2) is 140 Å². The van der Waals surface area contributed by atoms with Crippen LogP contribution in [0.1, 0.15) is 238 Å². The lowest BCUT2D eigenvalue weighted by atomic mass is 9.95. The Balaban J connectivity index is 0.803. The van der Waals surface area contributed by atoms with Crippen LogP contribution in [0.3, 0.4) is 0 Å². The van der Waals surface area contributed by atoms with Crippen molar-refractivity contribution < 1.29 is 62.3 Å². The van der Waals surface area contributed by atoms with Gasteiger partial charge in [-0.05, 0) is 240 Å². The molecule has 138 heavy (non-hydrogen) atoms. The molecule has 31 nitrogen and oxygen atoms in total. The van der Waals surface area contributed by atoms with Crippen LogP contribution < -0.4 is 74.9 Å². The zero-order valence-corrected chi connectivity index (χ0v) is 84.5. The van der Waals surface area contributed by atoms with Crippen LogP contribution in [0.2, 0.25) is 0 Å². The first kappa shape index (κ1) is 108. The summed E-state index contributed by atoms with van der Waals surface area (Å²) in [5.41, 5.74) is 10.1. The number of carbonyl (C=O) groups is 13. The molecule has 740 valence electrons. The normalized spacial score (nSPS) is 13.7. The van der Waals surface area contributed by atoms with Gasteiger partial charge in [0.15, 0.2) is 0 Å². The lowest BCUT2D eigenvalue weighted by molar-refractivity contribution is -0.140. The second-order valence-electron chi connectivity index (χ2n) is 41.9. The molecule has 6 atom stereocenters. The van der Waals surface area contributed by atoms with Gasteiger partial charge in [-0.15, -0.1) is 0 Å². The second-order valence-corrected chi connectivity index (χ2v) is 41.9. The SMILES string of the molecule is CC(C)C[C@@H](N)C(=O)NC(C)(C)C(=O)N[C@H](CC(C)C)C(=O)NC(C)(C)C(=O)N[C@H](CC(C)C)C(=O)NC(C)(C)C(=O)N[C@H](CC(C)C)C(=O)NC(C)(C)C(=O)N[C@H](CC(C)C)C(=O)NC(C)(C)C(=O)N[C@H](CC(C)C)C(=O)NC(C)(C)C(=O)NCCNC(=O)c1ccc(-c2c3nc(c(-c4ccccc4)c4ccc([nH]4)c(-c4ccccc4)c4nc(c(-c5ccccc5)c5ccc2[nH]5)C=C4)C=C3)cc1. The zero-order chi connectivity index (χ0) is 102. The van der Waals surface area contributed by atoms with E-state index in [1.54, 1.807) is 12.1 Å². The van der Waals surface area contributed by atoms with E-state index in [9.17, 15) is 62.3 Å². The van der Waals surface area contributed by atoms with Gasteiger partial charge in [-0.25, -0.2) is 9.97 Å². The number of aromatic amines is 2. The number of hydrogen-bond acceptors (Lipinski definition) is 16. The fourth-order valence-electron chi connectivity index (χ4n) is 16.2. The fourth-order valence-corrected chi connectivity index (χ4v) is 16.2. The average molecular weight is 1890 g/mol. The van der Waals surface area contributed by atoms with Crippen LogP contribution in [0, 0.1) is 35.5 Å².